The van der Waals surface area contributed by atoms with E-state index in [1.54, 1.807) is 7.11 Å². The van der Waals surface area contributed by atoms with Crippen LogP contribution < -0.4 is 10.1 Å². The molecule has 19 heavy (non-hydrogen) atoms. The van der Waals surface area contributed by atoms with Crippen LogP contribution in [0.2, 0.25) is 0 Å². The minimum Gasteiger partial charge on any atom is -0.496 e. The number of ether oxygens (including phenoxy) is 1. The molecule has 0 heterocycles. The van der Waals surface area contributed by atoms with Crippen molar-refractivity contribution in [2.75, 3.05) is 13.7 Å². The minimum absolute atomic E-state index is 0.709. The first kappa shape index (κ1) is 14.4. The molecule has 1 aromatic rings. The first-order valence-corrected chi connectivity index (χ1v) is 7.56. The van der Waals surface area contributed by atoms with E-state index in [2.05, 4.69) is 31.3 Å². The first-order chi connectivity index (χ1) is 9.20. The first-order valence-electron chi connectivity index (χ1n) is 7.56. The number of rotatable bonds is 5. The predicted octanol–water partition coefficient (Wildman–Crippen LogP) is 3.65. The lowest BCUT2D eigenvalue weighted by atomic mass is 9.79. The molecule has 2 nitrogen and oxygen atoms in total. The molecule has 3 atom stereocenters. The van der Waals surface area contributed by atoms with Crippen LogP contribution in [0, 0.1) is 11.8 Å². The fraction of sp³-hybridized carbons (Fsp3) is 0.647. The van der Waals surface area contributed by atoms with Crippen LogP contribution in [0.5, 0.6) is 5.75 Å². The van der Waals surface area contributed by atoms with Crippen molar-refractivity contribution in [1.82, 2.24) is 5.32 Å². The van der Waals surface area contributed by atoms with Gasteiger partial charge in [0.05, 0.1) is 7.11 Å². The van der Waals surface area contributed by atoms with E-state index >= 15 is 0 Å². The highest BCUT2D eigenvalue weighted by Gasteiger charge is 2.23. The molecule has 0 spiro atoms. The van der Waals surface area contributed by atoms with Crippen molar-refractivity contribution in [2.24, 2.45) is 11.8 Å². The molecule has 1 aromatic carbocycles. The Balaban J connectivity index is 1.77. The second-order valence-electron chi connectivity index (χ2n) is 5.98. The van der Waals surface area contributed by atoms with Gasteiger partial charge in [-0.05, 0) is 55.7 Å². The summed E-state index contributed by atoms with van der Waals surface area (Å²) in [4.78, 5) is 0. The Labute approximate surface area is 117 Å². The monoisotopic (exact) mass is 261 g/mol. The normalized spacial score (nSPS) is 27.2. The topological polar surface area (TPSA) is 21.3 Å². The van der Waals surface area contributed by atoms with E-state index in [0.29, 0.717) is 6.04 Å². The summed E-state index contributed by atoms with van der Waals surface area (Å²) in [7, 11) is 1.75. The molecule has 0 aliphatic heterocycles. The molecule has 1 aliphatic rings. The molecule has 0 radical (unpaired) electrons. The zero-order valence-electron chi connectivity index (χ0n) is 12.5. The molecule has 3 unspecified atom stereocenters. The lowest BCUT2D eigenvalue weighted by Gasteiger charge is -2.32. The van der Waals surface area contributed by atoms with Gasteiger partial charge in [-0.25, -0.2) is 0 Å². The summed E-state index contributed by atoms with van der Waals surface area (Å²) in [5.74, 6) is 2.76. The number of para-hydroxylation sites is 1. The maximum Gasteiger partial charge on any atom is 0.122 e. The largest absolute Gasteiger partial charge is 0.496 e. The van der Waals surface area contributed by atoms with E-state index in [9.17, 15) is 0 Å². The lowest BCUT2D eigenvalue weighted by Crippen LogP contribution is -2.37. The van der Waals surface area contributed by atoms with Crippen LogP contribution in [0.15, 0.2) is 24.3 Å². The molecular formula is C17H27NO. The van der Waals surface area contributed by atoms with Gasteiger partial charge in [0.2, 0.25) is 0 Å². The fourth-order valence-corrected chi connectivity index (χ4v) is 3.05. The third kappa shape index (κ3) is 3.97. The summed E-state index contributed by atoms with van der Waals surface area (Å²) in [6.45, 7) is 5.82. The Morgan fingerprint density at radius 1 is 1.16 bits per heavy atom. The third-order valence-corrected chi connectivity index (χ3v) is 4.62. The molecule has 1 aliphatic carbocycles. The summed E-state index contributed by atoms with van der Waals surface area (Å²) in [5.41, 5.74) is 1.30. The fourth-order valence-electron chi connectivity index (χ4n) is 3.05. The van der Waals surface area contributed by atoms with Crippen molar-refractivity contribution >= 4 is 0 Å². The van der Waals surface area contributed by atoms with Gasteiger partial charge in [-0.3, -0.25) is 0 Å². The maximum absolute atomic E-state index is 5.39. The number of hydrogen-bond acceptors (Lipinski definition) is 2. The quantitative estimate of drug-likeness (QED) is 0.873. The van der Waals surface area contributed by atoms with E-state index in [1.165, 1.54) is 24.8 Å². The molecule has 0 bridgehead atoms. The summed E-state index contributed by atoms with van der Waals surface area (Å²) in [6, 6.07) is 9.02. The van der Waals surface area contributed by atoms with Crippen molar-refractivity contribution < 1.29 is 4.74 Å². The van der Waals surface area contributed by atoms with Gasteiger partial charge in [-0.15, -0.1) is 0 Å². The van der Waals surface area contributed by atoms with Gasteiger partial charge in [-0.1, -0.05) is 32.0 Å². The average Bonchev–Trinajstić information content (AvgIpc) is 2.43. The van der Waals surface area contributed by atoms with Gasteiger partial charge < -0.3 is 10.1 Å². The SMILES string of the molecule is COc1ccccc1CCNC1CCC(C)C(C)C1. The molecule has 2 rings (SSSR count). The highest BCUT2D eigenvalue weighted by Crippen LogP contribution is 2.29. The zero-order valence-corrected chi connectivity index (χ0v) is 12.5. The molecule has 0 aromatic heterocycles. The Kier molecular flexibility index (Phi) is 5.26. The highest BCUT2D eigenvalue weighted by atomic mass is 16.5. The van der Waals surface area contributed by atoms with E-state index in [1.807, 2.05) is 12.1 Å². The van der Waals surface area contributed by atoms with Gasteiger partial charge >= 0.3 is 0 Å². The van der Waals surface area contributed by atoms with Gasteiger partial charge in [0.25, 0.3) is 0 Å². The smallest absolute Gasteiger partial charge is 0.122 e. The van der Waals surface area contributed by atoms with Crippen LogP contribution in [0.25, 0.3) is 0 Å². The van der Waals surface area contributed by atoms with E-state index in [4.69, 9.17) is 4.74 Å². The Morgan fingerprint density at radius 3 is 2.68 bits per heavy atom. The molecule has 106 valence electrons. The van der Waals surface area contributed by atoms with Gasteiger partial charge in [0.15, 0.2) is 0 Å². The van der Waals surface area contributed by atoms with Gasteiger partial charge in [0.1, 0.15) is 5.75 Å². The summed E-state index contributed by atoms with van der Waals surface area (Å²) in [6.07, 6.45) is 5.07. The summed E-state index contributed by atoms with van der Waals surface area (Å²) in [5, 5.41) is 3.72. The van der Waals surface area contributed by atoms with E-state index in [-0.39, 0.29) is 0 Å². The zero-order chi connectivity index (χ0) is 13.7. The number of nitrogens with one attached hydrogen (secondary N) is 1. The molecule has 0 saturated heterocycles. The standard InChI is InChI=1S/C17H27NO/c1-13-8-9-16(12-14(13)2)18-11-10-15-6-4-5-7-17(15)19-3/h4-7,13-14,16,18H,8-12H2,1-3H3. The number of benzene rings is 1. The van der Waals surface area contributed by atoms with Crippen LogP contribution in [-0.4, -0.2) is 19.7 Å². The van der Waals surface area contributed by atoms with Crippen LogP contribution >= 0.6 is 0 Å². The predicted molar refractivity (Wildman–Crippen MR) is 80.7 cm³/mol. The van der Waals surface area contributed by atoms with Crippen molar-refractivity contribution in [1.29, 1.82) is 0 Å². The Hall–Kier alpha value is -1.02. The second kappa shape index (κ2) is 6.95. The van der Waals surface area contributed by atoms with Gasteiger partial charge in [-0.2, -0.15) is 0 Å². The molecular weight excluding hydrogens is 234 g/mol. The number of methoxy groups -OCH3 is 1. The van der Waals surface area contributed by atoms with Crippen molar-refractivity contribution in [3.8, 4) is 5.75 Å². The lowest BCUT2D eigenvalue weighted by molar-refractivity contribution is 0.227. The van der Waals surface area contributed by atoms with Crippen LogP contribution in [-0.2, 0) is 6.42 Å². The third-order valence-electron chi connectivity index (χ3n) is 4.62. The molecule has 1 N–H and O–H groups in total. The average molecular weight is 261 g/mol. The van der Waals surface area contributed by atoms with Crippen LogP contribution in [0.1, 0.15) is 38.7 Å². The highest BCUT2D eigenvalue weighted by molar-refractivity contribution is 5.33. The van der Waals surface area contributed by atoms with Crippen molar-refractivity contribution in [3.05, 3.63) is 29.8 Å². The maximum atomic E-state index is 5.39. The Morgan fingerprint density at radius 2 is 1.95 bits per heavy atom. The minimum atomic E-state index is 0.709. The molecule has 2 heteroatoms. The van der Waals surface area contributed by atoms with Gasteiger partial charge in [0, 0.05) is 6.04 Å². The van der Waals surface area contributed by atoms with E-state index < -0.39 is 0 Å². The Bertz CT molecular complexity index is 391. The van der Waals surface area contributed by atoms with Crippen molar-refractivity contribution in [3.63, 3.8) is 0 Å². The molecule has 1 fully saturated rings. The van der Waals surface area contributed by atoms with Crippen LogP contribution in [0.3, 0.4) is 0 Å². The second-order valence-corrected chi connectivity index (χ2v) is 5.98. The van der Waals surface area contributed by atoms with Crippen LogP contribution in [0.4, 0.5) is 0 Å². The van der Waals surface area contributed by atoms with Crippen molar-refractivity contribution in [2.45, 2.75) is 45.6 Å². The van der Waals surface area contributed by atoms with E-state index in [0.717, 1.165) is 30.6 Å². The summed E-state index contributed by atoms with van der Waals surface area (Å²) >= 11 is 0. The molecule has 1 saturated carbocycles. The summed E-state index contributed by atoms with van der Waals surface area (Å²) < 4.78 is 5.39. The molecule has 0 amide bonds. The number of hydrogen-bond donors (Lipinski definition) is 1.